The van der Waals surface area contributed by atoms with Gasteiger partial charge in [-0.1, -0.05) is 0 Å². The van der Waals surface area contributed by atoms with Crippen molar-refractivity contribution in [3.63, 3.8) is 0 Å². The number of carbonyl (C=O) groups excluding carboxylic acids is 1. The highest BCUT2D eigenvalue weighted by Crippen LogP contribution is 2.34. The maximum absolute atomic E-state index is 12.2. The first kappa shape index (κ1) is 18.3. The van der Waals surface area contributed by atoms with Crippen molar-refractivity contribution in [2.75, 3.05) is 27.4 Å². The zero-order valence-electron chi connectivity index (χ0n) is 13.6. The number of carbonyl (C=O) groups is 1. The van der Waals surface area contributed by atoms with Crippen LogP contribution in [-0.2, 0) is 9.53 Å². The maximum atomic E-state index is 12.2. The Morgan fingerprint density at radius 3 is 2.79 bits per heavy atom. The summed E-state index contributed by atoms with van der Waals surface area (Å²) in [7, 11) is 3.07. The van der Waals surface area contributed by atoms with E-state index in [9.17, 15) is 10.1 Å². The van der Waals surface area contributed by atoms with E-state index in [1.54, 1.807) is 19.2 Å². The first-order valence-electron chi connectivity index (χ1n) is 7.52. The fourth-order valence-corrected chi connectivity index (χ4v) is 2.93. The Balaban J connectivity index is 2.18. The SMILES string of the molecule is COc1cc(OC)c(/C=C(\C#N)C(=O)NC[C@@H]2CCCO2)cc1Br. The van der Waals surface area contributed by atoms with Crippen LogP contribution in [-0.4, -0.2) is 39.4 Å². The van der Waals surface area contributed by atoms with Gasteiger partial charge in [-0.3, -0.25) is 4.79 Å². The van der Waals surface area contributed by atoms with Crippen molar-refractivity contribution in [1.82, 2.24) is 5.32 Å². The zero-order valence-corrected chi connectivity index (χ0v) is 15.2. The highest BCUT2D eigenvalue weighted by molar-refractivity contribution is 9.10. The largest absolute Gasteiger partial charge is 0.496 e. The molecule has 0 aliphatic carbocycles. The van der Waals surface area contributed by atoms with E-state index in [0.717, 1.165) is 19.4 Å². The average Bonchev–Trinajstić information content (AvgIpc) is 3.11. The number of ether oxygens (including phenoxy) is 3. The molecule has 6 nitrogen and oxygen atoms in total. The summed E-state index contributed by atoms with van der Waals surface area (Å²) >= 11 is 3.39. The van der Waals surface area contributed by atoms with E-state index in [4.69, 9.17) is 14.2 Å². The Kier molecular flexibility index (Phi) is 6.64. The van der Waals surface area contributed by atoms with Crippen LogP contribution in [0.1, 0.15) is 18.4 Å². The van der Waals surface area contributed by atoms with Gasteiger partial charge in [-0.15, -0.1) is 0 Å². The van der Waals surface area contributed by atoms with Crippen LogP contribution in [0.4, 0.5) is 0 Å². The Hall–Kier alpha value is -2.04. The average molecular weight is 395 g/mol. The normalized spacial score (nSPS) is 17.2. The minimum absolute atomic E-state index is 0.00311. The molecule has 1 aromatic carbocycles. The van der Waals surface area contributed by atoms with Gasteiger partial charge in [0.2, 0.25) is 0 Å². The molecule has 1 heterocycles. The van der Waals surface area contributed by atoms with Crippen molar-refractivity contribution >= 4 is 27.9 Å². The van der Waals surface area contributed by atoms with Crippen LogP contribution in [0.2, 0.25) is 0 Å². The van der Waals surface area contributed by atoms with Crippen LogP contribution in [0.25, 0.3) is 6.08 Å². The number of hydrogen-bond acceptors (Lipinski definition) is 5. The third-order valence-corrected chi connectivity index (χ3v) is 4.30. The van der Waals surface area contributed by atoms with Crippen LogP contribution in [0.15, 0.2) is 22.2 Å². The van der Waals surface area contributed by atoms with Gasteiger partial charge in [-0.2, -0.15) is 5.26 Å². The molecule has 1 amide bonds. The van der Waals surface area contributed by atoms with E-state index in [1.807, 2.05) is 6.07 Å². The van der Waals surface area contributed by atoms with Gasteiger partial charge in [-0.05, 0) is 40.9 Å². The maximum Gasteiger partial charge on any atom is 0.262 e. The van der Waals surface area contributed by atoms with Gasteiger partial charge in [0.15, 0.2) is 0 Å². The molecule has 0 radical (unpaired) electrons. The Bertz CT molecular complexity index is 676. The number of nitrogens with one attached hydrogen (secondary N) is 1. The Morgan fingerprint density at radius 1 is 1.46 bits per heavy atom. The molecular formula is C17H19BrN2O4. The van der Waals surface area contributed by atoms with E-state index in [2.05, 4.69) is 21.2 Å². The van der Waals surface area contributed by atoms with E-state index < -0.39 is 5.91 Å². The molecule has 1 aromatic rings. The van der Waals surface area contributed by atoms with Gasteiger partial charge >= 0.3 is 0 Å². The third kappa shape index (κ3) is 4.49. The standard InChI is InChI=1S/C17H19BrN2O4/c1-22-15-8-16(23-2)14(18)7-11(15)6-12(9-19)17(21)20-10-13-4-3-5-24-13/h6-8,13H,3-5,10H2,1-2H3,(H,20,21)/b12-6+/t13-/m0/s1. The number of nitrogens with zero attached hydrogens (tertiary/aromatic N) is 1. The second-order valence-corrected chi connectivity index (χ2v) is 6.10. The van der Waals surface area contributed by atoms with E-state index >= 15 is 0 Å². The summed E-state index contributed by atoms with van der Waals surface area (Å²) in [6.45, 7) is 1.12. The summed E-state index contributed by atoms with van der Waals surface area (Å²) in [5.41, 5.74) is 0.609. The molecule has 0 unspecified atom stereocenters. The van der Waals surface area contributed by atoms with Crippen molar-refractivity contribution in [1.29, 1.82) is 5.26 Å². The van der Waals surface area contributed by atoms with Crippen molar-refractivity contribution in [2.24, 2.45) is 0 Å². The molecule has 2 rings (SSSR count). The smallest absolute Gasteiger partial charge is 0.262 e. The van der Waals surface area contributed by atoms with E-state index in [-0.39, 0.29) is 11.7 Å². The molecule has 128 valence electrons. The molecule has 1 saturated heterocycles. The molecule has 1 atom stereocenters. The summed E-state index contributed by atoms with van der Waals surface area (Å²) in [5, 5.41) is 12.0. The first-order chi connectivity index (χ1) is 11.6. The number of rotatable bonds is 6. The van der Waals surface area contributed by atoms with Gasteiger partial charge in [0.1, 0.15) is 23.1 Å². The zero-order chi connectivity index (χ0) is 17.5. The minimum atomic E-state index is -0.429. The fourth-order valence-electron chi connectivity index (χ4n) is 2.41. The second-order valence-electron chi connectivity index (χ2n) is 5.24. The summed E-state index contributed by atoms with van der Waals surface area (Å²) in [6.07, 6.45) is 3.44. The molecule has 1 aliphatic heterocycles. The quantitative estimate of drug-likeness (QED) is 0.592. The van der Waals surface area contributed by atoms with Gasteiger partial charge in [0.05, 0.1) is 24.8 Å². The number of hydrogen-bond donors (Lipinski definition) is 1. The summed E-state index contributed by atoms with van der Waals surface area (Å²) in [6, 6.07) is 5.36. The van der Waals surface area contributed by atoms with Crippen molar-refractivity contribution in [3.05, 3.63) is 27.7 Å². The topological polar surface area (TPSA) is 80.6 Å². The summed E-state index contributed by atoms with van der Waals surface area (Å²) < 4.78 is 16.7. The molecule has 7 heteroatoms. The molecule has 0 aromatic heterocycles. The lowest BCUT2D eigenvalue weighted by atomic mass is 10.1. The van der Waals surface area contributed by atoms with Crippen LogP contribution >= 0.6 is 15.9 Å². The van der Waals surface area contributed by atoms with Crippen molar-refractivity contribution in [2.45, 2.75) is 18.9 Å². The number of halogens is 1. The molecular weight excluding hydrogens is 376 g/mol. The predicted octanol–water partition coefficient (Wildman–Crippen LogP) is 2.67. The number of amides is 1. The first-order valence-corrected chi connectivity index (χ1v) is 8.31. The number of nitriles is 1. The number of benzene rings is 1. The lowest BCUT2D eigenvalue weighted by molar-refractivity contribution is -0.117. The predicted molar refractivity (Wildman–Crippen MR) is 92.8 cm³/mol. The lowest BCUT2D eigenvalue weighted by Crippen LogP contribution is -2.32. The van der Waals surface area contributed by atoms with Gasteiger partial charge in [-0.25, -0.2) is 0 Å². The molecule has 0 bridgehead atoms. The van der Waals surface area contributed by atoms with Crippen LogP contribution in [0.5, 0.6) is 11.5 Å². The lowest BCUT2D eigenvalue weighted by Gasteiger charge is -2.12. The summed E-state index contributed by atoms with van der Waals surface area (Å²) in [5.74, 6) is 0.682. The van der Waals surface area contributed by atoms with Gasteiger partial charge in [0, 0.05) is 24.8 Å². The second kappa shape index (κ2) is 8.71. The molecule has 0 spiro atoms. The minimum Gasteiger partial charge on any atom is -0.496 e. The van der Waals surface area contributed by atoms with Crippen molar-refractivity contribution in [3.8, 4) is 17.6 Å². The molecule has 24 heavy (non-hydrogen) atoms. The van der Waals surface area contributed by atoms with Crippen LogP contribution in [0, 0.1) is 11.3 Å². The summed E-state index contributed by atoms with van der Waals surface area (Å²) in [4.78, 5) is 12.2. The third-order valence-electron chi connectivity index (χ3n) is 3.68. The van der Waals surface area contributed by atoms with Gasteiger partial charge < -0.3 is 19.5 Å². The van der Waals surface area contributed by atoms with Crippen molar-refractivity contribution < 1.29 is 19.0 Å². The Labute approximate surface area is 149 Å². The monoisotopic (exact) mass is 394 g/mol. The molecule has 1 fully saturated rings. The highest BCUT2D eigenvalue weighted by Gasteiger charge is 2.18. The molecule has 0 saturated carbocycles. The fraction of sp³-hybridized carbons (Fsp3) is 0.412. The van der Waals surface area contributed by atoms with E-state index in [1.165, 1.54) is 13.2 Å². The van der Waals surface area contributed by atoms with Crippen LogP contribution in [0.3, 0.4) is 0 Å². The molecule has 1 N–H and O–H groups in total. The molecule has 1 aliphatic rings. The van der Waals surface area contributed by atoms with Gasteiger partial charge in [0.25, 0.3) is 5.91 Å². The van der Waals surface area contributed by atoms with E-state index in [0.29, 0.717) is 28.1 Å². The Morgan fingerprint density at radius 2 is 2.21 bits per heavy atom. The number of methoxy groups -OCH3 is 2. The van der Waals surface area contributed by atoms with Crippen LogP contribution < -0.4 is 14.8 Å². The highest BCUT2D eigenvalue weighted by atomic mass is 79.9.